The molecule has 1 aliphatic rings. The normalized spacial score (nSPS) is 19.3. The summed E-state index contributed by atoms with van der Waals surface area (Å²) in [5.74, 6) is 1.66. The molecule has 0 radical (unpaired) electrons. The van der Waals surface area contributed by atoms with Gasteiger partial charge in [0.05, 0.1) is 19.1 Å². The molecule has 0 aliphatic carbocycles. The first kappa shape index (κ1) is 14.8. The number of hydrogen-bond acceptors (Lipinski definition) is 6. The number of hydrogen-bond donors (Lipinski definition) is 0. The summed E-state index contributed by atoms with van der Waals surface area (Å²) in [6.07, 6.45) is 4.54. The van der Waals surface area contributed by atoms with Crippen LogP contribution in [-0.2, 0) is 16.1 Å². The Kier molecular flexibility index (Phi) is 4.29. The molecule has 0 amide bonds. The lowest BCUT2D eigenvalue weighted by Gasteiger charge is -2.33. The molecule has 1 fully saturated rings. The number of rotatable bonds is 4. The molecular formula is C16H20N2O4. The van der Waals surface area contributed by atoms with Crippen molar-refractivity contribution in [3.63, 3.8) is 0 Å². The van der Waals surface area contributed by atoms with Gasteiger partial charge in [-0.1, -0.05) is 6.42 Å². The lowest BCUT2D eigenvalue weighted by molar-refractivity contribution is -0.148. The van der Waals surface area contributed by atoms with Crippen LogP contribution in [0.4, 0.5) is 0 Å². The molecule has 6 heteroatoms. The second-order valence-electron chi connectivity index (χ2n) is 5.50. The fourth-order valence-electron chi connectivity index (χ4n) is 2.86. The van der Waals surface area contributed by atoms with Crippen molar-refractivity contribution in [3.05, 3.63) is 29.9 Å². The van der Waals surface area contributed by atoms with Gasteiger partial charge in [0.1, 0.15) is 11.8 Å². The van der Waals surface area contributed by atoms with Gasteiger partial charge < -0.3 is 13.6 Å². The largest absolute Gasteiger partial charge is 0.468 e. The van der Waals surface area contributed by atoms with Crippen molar-refractivity contribution in [2.45, 2.75) is 38.8 Å². The van der Waals surface area contributed by atoms with E-state index in [0.29, 0.717) is 18.2 Å². The number of ether oxygens (including phenoxy) is 1. The first-order chi connectivity index (χ1) is 10.7. The Hall–Kier alpha value is -2.08. The van der Waals surface area contributed by atoms with Crippen molar-refractivity contribution >= 4 is 5.97 Å². The van der Waals surface area contributed by atoms with Crippen molar-refractivity contribution < 1.29 is 18.4 Å². The number of esters is 1. The van der Waals surface area contributed by atoms with E-state index >= 15 is 0 Å². The Morgan fingerprint density at radius 2 is 2.36 bits per heavy atom. The monoisotopic (exact) mass is 304 g/mol. The number of carbonyl (C=O) groups is 1. The Bertz CT molecular complexity index is 633. The van der Waals surface area contributed by atoms with Crippen molar-refractivity contribution in [2.24, 2.45) is 0 Å². The highest BCUT2D eigenvalue weighted by Gasteiger charge is 2.30. The lowest BCUT2D eigenvalue weighted by atomic mass is 10.0. The SMILES string of the molecule is COC(=O)C1CCCCN1Cc1nc(-c2ccco2)oc1C. The summed E-state index contributed by atoms with van der Waals surface area (Å²) >= 11 is 0. The zero-order valence-corrected chi connectivity index (χ0v) is 12.9. The molecule has 2 aromatic heterocycles. The van der Waals surface area contributed by atoms with Crippen LogP contribution in [0, 0.1) is 6.92 Å². The molecule has 0 bridgehead atoms. The highest BCUT2D eigenvalue weighted by Crippen LogP contribution is 2.25. The van der Waals surface area contributed by atoms with Crippen LogP contribution in [0.3, 0.4) is 0 Å². The Morgan fingerprint density at radius 1 is 1.50 bits per heavy atom. The molecule has 1 atom stereocenters. The third-order valence-corrected chi connectivity index (χ3v) is 4.06. The van der Waals surface area contributed by atoms with E-state index in [1.165, 1.54) is 7.11 Å². The van der Waals surface area contributed by atoms with Crippen LogP contribution in [0.1, 0.15) is 30.7 Å². The molecule has 118 valence electrons. The van der Waals surface area contributed by atoms with Crippen LogP contribution in [-0.4, -0.2) is 35.5 Å². The van der Waals surface area contributed by atoms with E-state index in [9.17, 15) is 4.79 Å². The van der Waals surface area contributed by atoms with Gasteiger partial charge in [-0.2, -0.15) is 0 Å². The van der Waals surface area contributed by atoms with Gasteiger partial charge in [0.15, 0.2) is 5.76 Å². The van der Waals surface area contributed by atoms with Gasteiger partial charge in [-0.15, -0.1) is 0 Å². The van der Waals surface area contributed by atoms with E-state index in [-0.39, 0.29) is 12.0 Å². The van der Waals surface area contributed by atoms with Crippen molar-refractivity contribution in [3.8, 4) is 11.7 Å². The predicted octanol–water partition coefficient (Wildman–Crippen LogP) is 2.77. The van der Waals surface area contributed by atoms with E-state index in [1.807, 2.05) is 13.0 Å². The van der Waals surface area contributed by atoms with E-state index < -0.39 is 0 Å². The topological polar surface area (TPSA) is 68.7 Å². The summed E-state index contributed by atoms with van der Waals surface area (Å²) in [4.78, 5) is 18.6. The second-order valence-corrected chi connectivity index (χ2v) is 5.50. The Labute approximate surface area is 129 Å². The van der Waals surface area contributed by atoms with Gasteiger partial charge in [-0.3, -0.25) is 9.69 Å². The number of likely N-dealkylation sites (tertiary alicyclic amines) is 1. The zero-order valence-electron chi connectivity index (χ0n) is 12.9. The van der Waals surface area contributed by atoms with Crippen LogP contribution in [0.25, 0.3) is 11.7 Å². The molecule has 6 nitrogen and oxygen atoms in total. The lowest BCUT2D eigenvalue weighted by Crippen LogP contribution is -2.44. The standard InChI is InChI=1S/C16H20N2O4/c1-11-12(17-15(22-11)14-7-5-9-21-14)10-18-8-4-3-6-13(18)16(19)20-2/h5,7,9,13H,3-4,6,8,10H2,1-2H3. The fraction of sp³-hybridized carbons (Fsp3) is 0.500. The summed E-state index contributed by atoms with van der Waals surface area (Å²) in [5.41, 5.74) is 0.835. The van der Waals surface area contributed by atoms with E-state index in [4.69, 9.17) is 13.6 Å². The first-order valence-electron chi connectivity index (χ1n) is 7.51. The predicted molar refractivity (Wildman–Crippen MR) is 79.0 cm³/mol. The number of oxazole rings is 1. The summed E-state index contributed by atoms with van der Waals surface area (Å²) in [6.45, 7) is 3.32. The second kappa shape index (κ2) is 6.36. The van der Waals surface area contributed by atoms with Crippen LogP contribution in [0.15, 0.2) is 27.2 Å². The maximum absolute atomic E-state index is 11.9. The fourth-order valence-corrected chi connectivity index (χ4v) is 2.86. The highest BCUT2D eigenvalue weighted by atomic mass is 16.5. The van der Waals surface area contributed by atoms with Crippen molar-refractivity contribution in [1.29, 1.82) is 0 Å². The van der Waals surface area contributed by atoms with Crippen LogP contribution >= 0.6 is 0 Å². The van der Waals surface area contributed by atoms with Gasteiger partial charge in [0.25, 0.3) is 5.89 Å². The molecule has 0 N–H and O–H groups in total. The third-order valence-electron chi connectivity index (χ3n) is 4.06. The third kappa shape index (κ3) is 2.92. The molecule has 1 aliphatic heterocycles. The molecule has 3 heterocycles. The summed E-state index contributed by atoms with van der Waals surface area (Å²) < 4.78 is 15.9. The Morgan fingerprint density at radius 3 is 3.09 bits per heavy atom. The van der Waals surface area contributed by atoms with Crippen molar-refractivity contribution in [1.82, 2.24) is 9.88 Å². The van der Waals surface area contributed by atoms with Gasteiger partial charge in [0, 0.05) is 6.54 Å². The molecule has 0 aromatic carbocycles. The van der Waals surface area contributed by atoms with Crippen LogP contribution in [0.2, 0.25) is 0 Å². The Balaban J connectivity index is 1.78. The number of aromatic nitrogens is 1. The van der Waals surface area contributed by atoms with E-state index in [0.717, 1.165) is 37.3 Å². The van der Waals surface area contributed by atoms with Crippen LogP contribution < -0.4 is 0 Å². The summed E-state index contributed by atoms with van der Waals surface area (Å²) in [5, 5.41) is 0. The minimum Gasteiger partial charge on any atom is -0.468 e. The smallest absolute Gasteiger partial charge is 0.323 e. The molecule has 3 rings (SSSR count). The van der Waals surface area contributed by atoms with Crippen molar-refractivity contribution in [2.75, 3.05) is 13.7 Å². The maximum atomic E-state index is 11.9. The molecule has 0 spiro atoms. The molecule has 22 heavy (non-hydrogen) atoms. The van der Waals surface area contributed by atoms with Gasteiger partial charge in [-0.25, -0.2) is 4.98 Å². The van der Waals surface area contributed by atoms with Crippen LogP contribution in [0.5, 0.6) is 0 Å². The number of carbonyl (C=O) groups excluding carboxylic acids is 1. The maximum Gasteiger partial charge on any atom is 0.323 e. The molecular weight excluding hydrogens is 284 g/mol. The number of piperidine rings is 1. The average molecular weight is 304 g/mol. The summed E-state index contributed by atoms with van der Waals surface area (Å²) in [6, 6.07) is 3.42. The van der Waals surface area contributed by atoms with E-state index in [1.54, 1.807) is 12.3 Å². The number of furan rings is 1. The van der Waals surface area contributed by atoms with E-state index in [2.05, 4.69) is 9.88 Å². The molecule has 1 saturated heterocycles. The first-order valence-corrected chi connectivity index (χ1v) is 7.51. The minimum atomic E-state index is -0.193. The number of methoxy groups -OCH3 is 1. The minimum absolute atomic E-state index is 0.174. The number of aryl methyl sites for hydroxylation is 1. The molecule has 0 saturated carbocycles. The number of nitrogens with zero attached hydrogens (tertiary/aromatic N) is 2. The summed E-state index contributed by atoms with van der Waals surface area (Å²) in [7, 11) is 1.44. The zero-order chi connectivity index (χ0) is 15.5. The molecule has 2 aromatic rings. The highest BCUT2D eigenvalue weighted by molar-refractivity contribution is 5.75. The van der Waals surface area contributed by atoms with Gasteiger partial charge in [0.2, 0.25) is 0 Å². The quantitative estimate of drug-likeness (QED) is 0.809. The average Bonchev–Trinajstić information content (AvgIpc) is 3.17. The molecule has 1 unspecified atom stereocenters. The van der Waals surface area contributed by atoms with Gasteiger partial charge >= 0.3 is 5.97 Å². The van der Waals surface area contributed by atoms with Gasteiger partial charge in [-0.05, 0) is 38.4 Å².